The van der Waals surface area contributed by atoms with Gasteiger partial charge in [-0.05, 0) is 0 Å². The van der Waals surface area contributed by atoms with E-state index in [1.165, 1.54) is 11.1 Å². The Hall–Kier alpha value is 0.471. The predicted octanol–water partition coefficient (Wildman–Crippen LogP) is 4.46. The molecule has 19 heavy (non-hydrogen) atoms. The monoisotopic (exact) mass is 352 g/mol. The van der Waals surface area contributed by atoms with Gasteiger partial charge in [0.05, 0.1) is 0 Å². The van der Waals surface area contributed by atoms with Crippen LogP contribution in [0.4, 0.5) is 0 Å². The first-order valence-electron chi connectivity index (χ1n) is 5.06. The van der Waals surface area contributed by atoms with Crippen LogP contribution in [0, 0.1) is 32.9 Å². The van der Waals surface area contributed by atoms with Crippen molar-refractivity contribution in [3.8, 4) is 0 Å². The summed E-state index contributed by atoms with van der Waals surface area (Å²) in [5.41, 5.74) is 2.70. The van der Waals surface area contributed by atoms with Gasteiger partial charge in [0.15, 0.2) is 0 Å². The molecule has 0 aromatic rings. The van der Waals surface area contributed by atoms with Gasteiger partial charge in [-0.3, -0.25) is 12.2 Å². The van der Waals surface area contributed by atoms with E-state index >= 15 is 0 Å². The quantitative estimate of drug-likeness (QED) is 0.446. The van der Waals surface area contributed by atoms with Gasteiger partial charge in [0, 0.05) is 0 Å². The van der Waals surface area contributed by atoms with Crippen molar-refractivity contribution in [1.82, 2.24) is 0 Å². The third-order valence-corrected chi connectivity index (χ3v) is 2.12. The van der Waals surface area contributed by atoms with E-state index in [1.807, 2.05) is 39.0 Å². The van der Waals surface area contributed by atoms with Crippen LogP contribution in [-0.2, 0) is 19.2 Å². The molecule has 0 bridgehead atoms. The van der Waals surface area contributed by atoms with Gasteiger partial charge in [0.1, 0.15) is 0 Å². The van der Waals surface area contributed by atoms with Crippen molar-refractivity contribution in [1.29, 1.82) is 0 Å². The van der Waals surface area contributed by atoms with Crippen molar-refractivity contribution in [2.24, 2.45) is 5.92 Å². The SMILES string of the molecule is CC1=[C-]C(C)C=C1C.Cl.Cl.[C-]1=CC=CC1.[CH3-].[CH3-].[SiH2]=[Ti]. The van der Waals surface area contributed by atoms with Crippen LogP contribution in [0.1, 0.15) is 27.2 Å². The number of allylic oxidation sites excluding steroid dienone is 8. The van der Waals surface area contributed by atoms with Gasteiger partial charge in [-0.2, -0.15) is 12.2 Å². The Labute approximate surface area is 146 Å². The van der Waals surface area contributed by atoms with Crippen LogP contribution in [0.5, 0.6) is 0 Å². The molecule has 0 fully saturated rings. The topological polar surface area (TPSA) is 0 Å². The van der Waals surface area contributed by atoms with E-state index in [0.717, 1.165) is 6.42 Å². The number of hydrogen-bond donors (Lipinski definition) is 0. The molecule has 112 valence electrons. The summed E-state index contributed by atoms with van der Waals surface area (Å²) in [5, 5.41) is 0. The second-order valence-electron chi connectivity index (χ2n) is 3.41. The second-order valence-corrected chi connectivity index (χ2v) is 3.41. The summed E-state index contributed by atoms with van der Waals surface area (Å²) in [5.74, 6) is 0.551. The molecule has 0 nitrogen and oxygen atoms in total. The summed E-state index contributed by atoms with van der Waals surface area (Å²) in [6.45, 7) is 6.39. The summed E-state index contributed by atoms with van der Waals surface area (Å²) in [4.78, 5) is 0. The zero-order chi connectivity index (χ0) is 11.7. The molecule has 0 aromatic carbocycles. The average Bonchev–Trinajstić information content (AvgIpc) is 2.85. The number of rotatable bonds is 0. The molecule has 0 radical (unpaired) electrons. The molecule has 2 rings (SSSR count). The third-order valence-electron chi connectivity index (χ3n) is 2.12. The summed E-state index contributed by atoms with van der Waals surface area (Å²) < 4.78 is 0. The van der Waals surface area contributed by atoms with E-state index in [1.54, 1.807) is 0 Å². The zero-order valence-corrected chi connectivity index (χ0v) is 17.2. The van der Waals surface area contributed by atoms with Crippen molar-refractivity contribution in [2.75, 3.05) is 0 Å². The minimum absolute atomic E-state index is 0. The Balaban J connectivity index is -0.0000000534. The Morgan fingerprint density at radius 1 is 1.21 bits per heavy atom. The molecule has 0 aliphatic heterocycles. The summed E-state index contributed by atoms with van der Waals surface area (Å²) in [6.07, 6.45) is 15.5. The maximum atomic E-state index is 3.29. The molecule has 2 aliphatic carbocycles. The standard InChI is InChI=1S/C8H11.C5H5.2CH3.2ClH.H2Si.Ti/c1-6-4-7(2)8(3)5-6;1-2-4-5-3-1;;;;;;/h4,6H,1-3H3;1-3H,4H2;2*1H3;2*1H;1H2;/q4*-1;;;;. The van der Waals surface area contributed by atoms with Crippen LogP contribution < -0.4 is 0 Å². The van der Waals surface area contributed by atoms with Crippen molar-refractivity contribution >= 4 is 32.4 Å². The molecule has 0 saturated heterocycles. The summed E-state index contributed by atoms with van der Waals surface area (Å²) >= 11 is 2.03. The molecular formula is C15H26Cl2SiTi-4. The van der Waals surface area contributed by atoms with Gasteiger partial charge < -0.3 is 14.9 Å². The summed E-state index contributed by atoms with van der Waals surface area (Å²) in [6, 6.07) is 0. The Bertz CT molecular complexity index is 279. The zero-order valence-electron chi connectivity index (χ0n) is 12.6. The molecule has 0 aromatic heterocycles. The van der Waals surface area contributed by atoms with Gasteiger partial charge in [-0.15, -0.1) is 38.2 Å². The molecular weight excluding hydrogens is 327 g/mol. The van der Waals surface area contributed by atoms with Crippen molar-refractivity contribution in [3.63, 3.8) is 0 Å². The predicted molar refractivity (Wildman–Crippen MR) is 92.8 cm³/mol. The number of hydrogen-bond acceptors (Lipinski definition) is 0. The Morgan fingerprint density at radius 2 is 1.74 bits per heavy atom. The van der Waals surface area contributed by atoms with Crippen molar-refractivity contribution in [2.45, 2.75) is 27.2 Å². The molecule has 2 aliphatic rings. The average molecular weight is 353 g/mol. The molecule has 0 saturated carbocycles. The van der Waals surface area contributed by atoms with Crippen LogP contribution in [-0.4, -0.2) is 7.63 Å². The normalized spacial score (nSPS) is 16.4. The van der Waals surface area contributed by atoms with Crippen molar-refractivity contribution in [3.05, 3.63) is 62.5 Å². The van der Waals surface area contributed by atoms with Crippen LogP contribution >= 0.6 is 24.8 Å². The fourth-order valence-electron chi connectivity index (χ4n) is 1.34. The van der Waals surface area contributed by atoms with E-state index < -0.39 is 0 Å². The minimum atomic E-state index is 0. The van der Waals surface area contributed by atoms with E-state index in [9.17, 15) is 0 Å². The molecule has 0 heterocycles. The van der Waals surface area contributed by atoms with Crippen LogP contribution in [0.3, 0.4) is 0 Å². The van der Waals surface area contributed by atoms with Gasteiger partial charge >= 0.3 is 26.8 Å². The Morgan fingerprint density at radius 3 is 1.84 bits per heavy atom. The first-order chi connectivity index (χ1) is 7.20. The molecule has 4 heteroatoms. The molecule has 0 N–H and O–H groups in total. The van der Waals surface area contributed by atoms with Gasteiger partial charge in [0.2, 0.25) is 0 Å². The van der Waals surface area contributed by atoms with E-state index in [-0.39, 0.29) is 39.7 Å². The van der Waals surface area contributed by atoms with Crippen LogP contribution in [0.15, 0.2) is 35.5 Å². The summed E-state index contributed by atoms with van der Waals surface area (Å²) in [7, 11) is 1.86. The number of halogens is 2. The first kappa shape index (κ1) is 31.7. The van der Waals surface area contributed by atoms with Crippen LogP contribution in [0.25, 0.3) is 0 Å². The van der Waals surface area contributed by atoms with E-state index in [4.69, 9.17) is 0 Å². The first-order valence-corrected chi connectivity index (χ1v) is 9.08. The Kier molecular flexibility index (Phi) is 34.7. The van der Waals surface area contributed by atoms with Gasteiger partial charge in [-0.1, -0.05) is 19.8 Å². The fraction of sp³-hybridized carbons (Fsp3) is 0.333. The fourth-order valence-corrected chi connectivity index (χ4v) is 1.34. The molecule has 0 spiro atoms. The van der Waals surface area contributed by atoms with E-state index in [2.05, 4.69) is 45.1 Å². The molecule has 1 unspecified atom stereocenters. The third kappa shape index (κ3) is 16.4. The maximum absolute atomic E-state index is 3.29. The second kappa shape index (κ2) is 20.8. The van der Waals surface area contributed by atoms with Gasteiger partial charge in [0.25, 0.3) is 0 Å². The van der Waals surface area contributed by atoms with E-state index in [0.29, 0.717) is 5.92 Å². The molecule has 0 amide bonds. The van der Waals surface area contributed by atoms with Gasteiger partial charge in [-0.25, -0.2) is 23.3 Å². The molecule has 1 atom stereocenters. The van der Waals surface area contributed by atoms with Crippen LogP contribution in [0.2, 0.25) is 0 Å². The van der Waals surface area contributed by atoms with Crippen molar-refractivity contribution < 1.29 is 19.2 Å².